The Balaban J connectivity index is 2.01. The van der Waals surface area contributed by atoms with Gasteiger partial charge in [-0.3, -0.25) is 0 Å². The van der Waals surface area contributed by atoms with Crippen LogP contribution in [0.3, 0.4) is 0 Å². The van der Waals surface area contributed by atoms with Crippen LogP contribution in [0.2, 0.25) is 0 Å². The van der Waals surface area contributed by atoms with Crippen molar-refractivity contribution in [1.82, 2.24) is 20.2 Å². The molecule has 1 aromatic carbocycles. The number of rotatable bonds is 5. The van der Waals surface area contributed by atoms with Gasteiger partial charge < -0.3 is 4.74 Å². The van der Waals surface area contributed by atoms with E-state index in [1.165, 1.54) is 0 Å². The van der Waals surface area contributed by atoms with Crippen LogP contribution in [0, 0.1) is 13.8 Å². The fourth-order valence-corrected chi connectivity index (χ4v) is 1.79. The van der Waals surface area contributed by atoms with Crippen molar-refractivity contribution < 1.29 is 9.53 Å². The summed E-state index contributed by atoms with van der Waals surface area (Å²) in [5, 5.41) is 11.3. The normalized spacial score (nSPS) is 10.6. The number of ether oxygens (including phenoxy) is 1. The van der Waals surface area contributed by atoms with Crippen LogP contribution < -0.4 is 0 Å². The number of aryl methyl sites for hydroxylation is 3. The van der Waals surface area contributed by atoms with Crippen LogP contribution in [0.4, 0.5) is 0 Å². The molecule has 0 bridgehead atoms. The number of carbonyl (C=O) groups excluding carboxylic acids is 1. The first kappa shape index (κ1) is 14.2. The van der Waals surface area contributed by atoms with Crippen LogP contribution in [0.15, 0.2) is 18.2 Å². The largest absolute Gasteiger partial charge is 0.454 e. The summed E-state index contributed by atoms with van der Waals surface area (Å²) >= 11 is 0. The van der Waals surface area contributed by atoms with Crippen LogP contribution >= 0.6 is 0 Å². The summed E-state index contributed by atoms with van der Waals surface area (Å²) in [6.45, 7) is 6.80. The van der Waals surface area contributed by atoms with Crippen molar-refractivity contribution in [1.29, 1.82) is 0 Å². The third kappa shape index (κ3) is 3.20. The Kier molecular flexibility index (Phi) is 4.45. The molecular weight excluding hydrogens is 256 g/mol. The zero-order valence-electron chi connectivity index (χ0n) is 12.0. The maximum atomic E-state index is 12.0. The maximum Gasteiger partial charge on any atom is 0.338 e. The highest BCUT2D eigenvalue weighted by Gasteiger charge is 2.11. The third-order valence-electron chi connectivity index (χ3n) is 3.12. The lowest BCUT2D eigenvalue weighted by atomic mass is 10.1. The molecule has 1 aromatic heterocycles. The highest BCUT2D eigenvalue weighted by atomic mass is 16.5. The van der Waals surface area contributed by atoms with E-state index in [9.17, 15) is 4.79 Å². The summed E-state index contributed by atoms with van der Waals surface area (Å²) in [6, 6.07) is 5.50. The average molecular weight is 274 g/mol. The molecule has 106 valence electrons. The Hall–Kier alpha value is -2.24. The topological polar surface area (TPSA) is 69.9 Å². The molecule has 0 fully saturated rings. The first-order valence-electron chi connectivity index (χ1n) is 6.61. The molecule has 20 heavy (non-hydrogen) atoms. The van der Waals surface area contributed by atoms with E-state index >= 15 is 0 Å². The molecule has 1 heterocycles. The zero-order chi connectivity index (χ0) is 14.5. The Bertz CT molecular complexity index is 607. The Morgan fingerprint density at radius 3 is 2.80 bits per heavy atom. The van der Waals surface area contributed by atoms with Crippen molar-refractivity contribution in [3.63, 3.8) is 0 Å². The van der Waals surface area contributed by atoms with Gasteiger partial charge in [0.1, 0.15) is 0 Å². The second-order valence-corrected chi connectivity index (χ2v) is 4.69. The molecule has 0 saturated carbocycles. The summed E-state index contributed by atoms with van der Waals surface area (Å²) in [4.78, 5) is 12.0. The standard InChI is InChI=1S/C14H18N4O2/c1-4-7-18-13(15-16-17-18)9-20-14(19)12-6-5-10(2)11(3)8-12/h5-6,8H,4,7,9H2,1-3H3. The van der Waals surface area contributed by atoms with Gasteiger partial charge in [-0.1, -0.05) is 13.0 Å². The van der Waals surface area contributed by atoms with Gasteiger partial charge in [0.2, 0.25) is 0 Å². The van der Waals surface area contributed by atoms with Gasteiger partial charge in [0.15, 0.2) is 12.4 Å². The quantitative estimate of drug-likeness (QED) is 0.780. The van der Waals surface area contributed by atoms with Crippen LogP contribution in [0.25, 0.3) is 0 Å². The highest BCUT2D eigenvalue weighted by molar-refractivity contribution is 5.89. The maximum absolute atomic E-state index is 12.0. The van der Waals surface area contributed by atoms with Gasteiger partial charge in [0.05, 0.1) is 5.56 Å². The Morgan fingerprint density at radius 1 is 1.30 bits per heavy atom. The summed E-state index contributed by atoms with van der Waals surface area (Å²) in [5.41, 5.74) is 2.76. The number of hydrogen-bond acceptors (Lipinski definition) is 5. The lowest BCUT2D eigenvalue weighted by Crippen LogP contribution is -2.11. The van der Waals surface area contributed by atoms with Gasteiger partial charge in [0, 0.05) is 6.54 Å². The molecule has 6 heteroatoms. The van der Waals surface area contributed by atoms with Gasteiger partial charge in [0.25, 0.3) is 0 Å². The molecule has 6 nitrogen and oxygen atoms in total. The van der Waals surface area contributed by atoms with Crippen LogP contribution in [0.1, 0.15) is 40.7 Å². The summed E-state index contributed by atoms with van der Waals surface area (Å²) in [6.07, 6.45) is 0.920. The van der Waals surface area contributed by atoms with E-state index in [2.05, 4.69) is 15.5 Å². The van der Waals surface area contributed by atoms with Crippen molar-refractivity contribution in [3.8, 4) is 0 Å². The van der Waals surface area contributed by atoms with Crippen molar-refractivity contribution >= 4 is 5.97 Å². The van der Waals surface area contributed by atoms with Crippen molar-refractivity contribution in [2.24, 2.45) is 0 Å². The van der Waals surface area contributed by atoms with E-state index in [-0.39, 0.29) is 12.6 Å². The molecule has 0 radical (unpaired) electrons. The smallest absolute Gasteiger partial charge is 0.338 e. The molecule has 0 saturated heterocycles. The number of aromatic nitrogens is 4. The predicted molar refractivity (Wildman–Crippen MR) is 73.1 cm³/mol. The second kappa shape index (κ2) is 6.27. The molecule has 2 rings (SSSR count). The Morgan fingerprint density at radius 2 is 2.10 bits per heavy atom. The monoisotopic (exact) mass is 274 g/mol. The van der Waals surface area contributed by atoms with Crippen molar-refractivity contribution in [3.05, 3.63) is 40.7 Å². The summed E-state index contributed by atoms with van der Waals surface area (Å²) in [7, 11) is 0. The molecule has 0 spiro atoms. The summed E-state index contributed by atoms with van der Waals surface area (Å²) < 4.78 is 6.90. The van der Waals surface area contributed by atoms with Crippen molar-refractivity contribution in [2.45, 2.75) is 40.3 Å². The van der Waals surface area contributed by atoms with E-state index in [0.29, 0.717) is 17.9 Å². The lowest BCUT2D eigenvalue weighted by molar-refractivity contribution is 0.0456. The fraction of sp³-hybridized carbons (Fsp3) is 0.429. The second-order valence-electron chi connectivity index (χ2n) is 4.69. The summed E-state index contributed by atoms with van der Waals surface area (Å²) in [5.74, 6) is 0.197. The van der Waals surface area contributed by atoms with Crippen LogP contribution in [0.5, 0.6) is 0 Å². The molecular formula is C14H18N4O2. The molecule has 0 aliphatic carbocycles. The zero-order valence-corrected chi connectivity index (χ0v) is 12.0. The number of nitrogens with zero attached hydrogens (tertiary/aromatic N) is 4. The molecule has 2 aromatic rings. The van der Waals surface area contributed by atoms with E-state index < -0.39 is 0 Å². The Labute approximate surface area is 117 Å². The third-order valence-corrected chi connectivity index (χ3v) is 3.12. The number of hydrogen-bond donors (Lipinski definition) is 0. The van der Waals surface area contributed by atoms with E-state index in [1.807, 2.05) is 32.9 Å². The predicted octanol–water partition coefficient (Wildman–Crippen LogP) is 2.06. The SMILES string of the molecule is CCCn1nnnc1COC(=O)c1ccc(C)c(C)c1. The molecule has 0 aliphatic heterocycles. The van der Waals surface area contributed by atoms with Gasteiger partial charge in [-0.25, -0.2) is 9.48 Å². The molecule has 0 atom stereocenters. The van der Waals surface area contributed by atoms with Crippen molar-refractivity contribution in [2.75, 3.05) is 0 Å². The van der Waals surface area contributed by atoms with E-state index in [1.54, 1.807) is 10.7 Å². The van der Waals surface area contributed by atoms with Gasteiger partial charge in [-0.05, 0) is 54.0 Å². The molecule has 0 unspecified atom stereocenters. The average Bonchev–Trinajstić information content (AvgIpc) is 2.87. The first-order valence-corrected chi connectivity index (χ1v) is 6.61. The highest BCUT2D eigenvalue weighted by Crippen LogP contribution is 2.11. The van der Waals surface area contributed by atoms with Gasteiger partial charge >= 0.3 is 5.97 Å². The minimum absolute atomic E-state index is 0.0821. The number of esters is 1. The minimum Gasteiger partial charge on any atom is -0.454 e. The first-order chi connectivity index (χ1) is 9.61. The number of carbonyl (C=O) groups is 1. The number of benzene rings is 1. The van der Waals surface area contributed by atoms with E-state index in [4.69, 9.17) is 4.74 Å². The lowest BCUT2D eigenvalue weighted by Gasteiger charge is -2.06. The van der Waals surface area contributed by atoms with Crippen LogP contribution in [-0.4, -0.2) is 26.2 Å². The van der Waals surface area contributed by atoms with Gasteiger partial charge in [-0.2, -0.15) is 0 Å². The fourth-order valence-electron chi connectivity index (χ4n) is 1.79. The van der Waals surface area contributed by atoms with Crippen LogP contribution in [-0.2, 0) is 17.9 Å². The van der Waals surface area contributed by atoms with E-state index in [0.717, 1.165) is 17.5 Å². The number of tetrazole rings is 1. The molecule has 0 aliphatic rings. The van der Waals surface area contributed by atoms with Gasteiger partial charge in [-0.15, -0.1) is 5.10 Å². The molecule has 0 amide bonds. The molecule has 0 N–H and O–H groups in total. The minimum atomic E-state index is -0.362.